The summed E-state index contributed by atoms with van der Waals surface area (Å²) >= 11 is 0. The summed E-state index contributed by atoms with van der Waals surface area (Å²) in [6, 6.07) is 0. The molecule has 2 atom stereocenters. The Morgan fingerprint density at radius 3 is 2.69 bits per heavy atom. The van der Waals surface area contributed by atoms with Crippen molar-refractivity contribution < 1.29 is 9.59 Å². The second-order valence-electron chi connectivity index (χ2n) is 5.01. The van der Waals surface area contributed by atoms with E-state index in [1.54, 1.807) is 0 Å². The van der Waals surface area contributed by atoms with Gasteiger partial charge in [0.15, 0.2) is 0 Å². The van der Waals surface area contributed by atoms with Crippen molar-refractivity contribution in [1.29, 1.82) is 0 Å². The molecule has 1 saturated heterocycles. The predicted octanol–water partition coefficient (Wildman–Crippen LogP) is 0.921. The Bertz CT molecular complexity index is 254. The van der Waals surface area contributed by atoms with Crippen molar-refractivity contribution in [3.63, 3.8) is 0 Å². The monoisotopic (exact) mass is 226 g/mol. The highest BCUT2D eigenvalue weighted by atomic mass is 16.2. The Kier molecular flexibility index (Phi) is 4.77. The van der Waals surface area contributed by atoms with Gasteiger partial charge in [0.25, 0.3) is 0 Å². The number of hydrogen-bond donors (Lipinski definition) is 2. The van der Waals surface area contributed by atoms with E-state index in [0.717, 1.165) is 6.54 Å². The summed E-state index contributed by atoms with van der Waals surface area (Å²) < 4.78 is 0. The van der Waals surface area contributed by atoms with E-state index >= 15 is 0 Å². The lowest BCUT2D eigenvalue weighted by atomic mass is 9.96. The van der Waals surface area contributed by atoms with Gasteiger partial charge in [-0.2, -0.15) is 0 Å². The van der Waals surface area contributed by atoms with Crippen LogP contribution in [-0.4, -0.2) is 24.9 Å². The maximum absolute atomic E-state index is 11.8. The molecule has 4 nitrogen and oxygen atoms in total. The van der Waals surface area contributed by atoms with E-state index in [2.05, 4.69) is 31.4 Å². The van der Waals surface area contributed by atoms with Gasteiger partial charge in [-0.25, -0.2) is 0 Å². The zero-order valence-electron chi connectivity index (χ0n) is 10.4. The van der Waals surface area contributed by atoms with Crippen LogP contribution in [-0.2, 0) is 9.59 Å². The number of carbonyl (C=O) groups is 2. The van der Waals surface area contributed by atoms with Crippen molar-refractivity contribution in [3.05, 3.63) is 0 Å². The number of piperidine rings is 1. The molecule has 0 radical (unpaired) electrons. The van der Waals surface area contributed by atoms with Gasteiger partial charge in [-0.1, -0.05) is 20.8 Å². The van der Waals surface area contributed by atoms with Crippen LogP contribution in [0.1, 0.15) is 33.6 Å². The fourth-order valence-electron chi connectivity index (χ4n) is 1.60. The maximum Gasteiger partial charge on any atom is 0.224 e. The first-order valence-electron chi connectivity index (χ1n) is 6.05. The molecule has 4 heteroatoms. The van der Waals surface area contributed by atoms with Crippen LogP contribution in [0.3, 0.4) is 0 Å². The van der Waals surface area contributed by atoms with Crippen LogP contribution >= 0.6 is 0 Å². The van der Waals surface area contributed by atoms with Crippen molar-refractivity contribution in [2.45, 2.75) is 33.6 Å². The van der Waals surface area contributed by atoms with E-state index in [1.165, 1.54) is 0 Å². The number of rotatable bonds is 4. The van der Waals surface area contributed by atoms with Crippen LogP contribution in [0.5, 0.6) is 0 Å². The molecular formula is C12H22N2O2. The molecule has 1 aliphatic rings. The van der Waals surface area contributed by atoms with Gasteiger partial charge in [-0.3, -0.25) is 9.59 Å². The average Bonchev–Trinajstić information content (AvgIpc) is 2.26. The third-order valence-electron chi connectivity index (χ3n) is 3.37. The number of nitrogens with one attached hydrogen (secondary N) is 2. The van der Waals surface area contributed by atoms with Crippen molar-refractivity contribution in [2.24, 2.45) is 17.8 Å². The van der Waals surface area contributed by atoms with Gasteiger partial charge in [-0.15, -0.1) is 0 Å². The third kappa shape index (κ3) is 3.83. The van der Waals surface area contributed by atoms with E-state index in [1.807, 2.05) is 0 Å². The zero-order chi connectivity index (χ0) is 12.1. The molecule has 1 rings (SSSR count). The average molecular weight is 226 g/mol. The summed E-state index contributed by atoms with van der Waals surface area (Å²) in [6.07, 6.45) is 1.14. The van der Waals surface area contributed by atoms with E-state index in [9.17, 15) is 9.59 Å². The molecular weight excluding hydrogens is 204 g/mol. The minimum Gasteiger partial charge on any atom is -0.356 e. The van der Waals surface area contributed by atoms with Gasteiger partial charge in [0.2, 0.25) is 11.8 Å². The molecule has 2 N–H and O–H groups in total. The van der Waals surface area contributed by atoms with Gasteiger partial charge in [-0.05, 0) is 18.3 Å². The minimum absolute atomic E-state index is 0.0444. The fraction of sp³-hybridized carbons (Fsp3) is 0.833. The van der Waals surface area contributed by atoms with Crippen LogP contribution in [0.15, 0.2) is 0 Å². The lowest BCUT2D eigenvalue weighted by molar-refractivity contribution is -0.129. The van der Waals surface area contributed by atoms with Gasteiger partial charge in [0, 0.05) is 19.5 Å². The molecule has 0 saturated carbocycles. The number of hydrogen-bond acceptors (Lipinski definition) is 2. The van der Waals surface area contributed by atoms with Crippen molar-refractivity contribution >= 4 is 11.8 Å². The van der Waals surface area contributed by atoms with Crippen LogP contribution in [0, 0.1) is 17.8 Å². The van der Waals surface area contributed by atoms with E-state index in [-0.39, 0.29) is 17.7 Å². The highest BCUT2D eigenvalue weighted by Crippen LogP contribution is 2.12. The molecule has 16 heavy (non-hydrogen) atoms. The maximum atomic E-state index is 11.8. The first kappa shape index (κ1) is 13.0. The van der Waals surface area contributed by atoms with Crippen LogP contribution < -0.4 is 10.6 Å². The van der Waals surface area contributed by atoms with Gasteiger partial charge >= 0.3 is 0 Å². The summed E-state index contributed by atoms with van der Waals surface area (Å²) in [4.78, 5) is 22.7. The van der Waals surface area contributed by atoms with E-state index in [0.29, 0.717) is 31.2 Å². The molecule has 0 bridgehead atoms. The number of carbonyl (C=O) groups excluding carboxylic acids is 2. The topological polar surface area (TPSA) is 58.2 Å². The normalized spacial score (nSPS) is 22.8. The molecule has 1 aliphatic heterocycles. The molecule has 1 heterocycles. The summed E-state index contributed by atoms with van der Waals surface area (Å²) in [5.41, 5.74) is 0. The zero-order valence-corrected chi connectivity index (χ0v) is 10.4. The standard InChI is InChI=1S/C12H22N2O2/c1-8(2)9(3)6-14-12(16)10-4-5-11(15)13-7-10/h8-10H,4-7H2,1-3H3,(H,13,15)(H,14,16). The molecule has 0 aromatic heterocycles. The molecule has 0 aromatic carbocycles. The fourth-order valence-corrected chi connectivity index (χ4v) is 1.60. The Morgan fingerprint density at radius 2 is 2.19 bits per heavy atom. The molecule has 2 unspecified atom stereocenters. The third-order valence-corrected chi connectivity index (χ3v) is 3.37. The van der Waals surface area contributed by atoms with Crippen LogP contribution in [0.2, 0.25) is 0 Å². The second-order valence-corrected chi connectivity index (χ2v) is 5.01. The van der Waals surface area contributed by atoms with E-state index < -0.39 is 0 Å². The molecule has 1 fully saturated rings. The Balaban J connectivity index is 2.27. The first-order chi connectivity index (χ1) is 7.50. The predicted molar refractivity (Wildman–Crippen MR) is 62.7 cm³/mol. The smallest absolute Gasteiger partial charge is 0.224 e. The summed E-state index contributed by atoms with van der Waals surface area (Å²) in [7, 11) is 0. The summed E-state index contributed by atoms with van der Waals surface area (Å²) in [5.74, 6) is 1.15. The highest BCUT2D eigenvalue weighted by Gasteiger charge is 2.24. The molecule has 2 amide bonds. The number of amides is 2. The van der Waals surface area contributed by atoms with Gasteiger partial charge in [0.1, 0.15) is 0 Å². The Hall–Kier alpha value is -1.06. The molecule has 0 spiro atoms. The lowest BCUT2D eigenvalue weighted by Gasteiger charge is -2.23. The quantitative estimate of drug-likeness (QED) is 0.749. The second kappa shape index (κ2) is 5.87. The summed E-state index contributed by atoms with van der Waals surface area (Å²) in [5, 5.41) is 5.68. The lowest BCUT2D eigenvalue weighted by Crippen LogP contribution is -2.44. The van der Waals surface area contributed by atoms with Gasteiger partial charge < -0.3 is 10.6 Å². The largest absolute Gasteiger partial charge is 0.356 e. The highest BCUT2D eigenvalue weighted by molar-refractivity contribution is 5.83. The Morgan fingerprint density at radius 1 is 1.50 bits per heavy atom. The van der Waals surface area contributed by atoms with Crippen molar-refractivity contribution in [1.82, 2.24) is 10.6 Å². The first-order valence-corrected chi connectivity index (χ1v) is 6.05. The van der Waals surface area contributed by atoms with Crippen molar-refractivity contribution in [2.75, 3.05) is 13.1 Å². The molecule has 92 valence electrons. The van der Waals surface area contributed by atoms with Gasteiger partial charge in [0.05, 0.1) is 5.92 Å². The molecule has 0 aromatic rings. The van der Waals surface area contributed by atoms with Crippen molar-refractivity contribution in [3.8, 4) is 0 Å². The minimum atomic E-state index is -0.0444. The van der Waals surface area contributed by atoms with E-state index in [4.69, 9.17) is 0 Å². The molecule has 0 aliphatic carbocycles. The Labute approximate surface area is 97.2 Å². The van der Waals surface area contributed by atoms with Crippen LogP contribution in [0.4, 0.5) is 0 Å². The van der Waals surface area contributed by atoms with Crippen LogP contribution in [0.25, 0.3) is 0 Å². The summed E-state index contributed by atoms with van der Waals surface area (Å²) in [6.45, 7) is 7.64. The SMILES string of the molecule is CC(C)C(C)CNC(=O)C1CCC(=O)NC1.